The highest BCUT2D eigenvalue weighted by molar-refractivity contribution is 6.29. The Morgan fingerprint density at radius 2 is 2.29 bits per heavy atom. The second-order valence-electron chi connectivity index (χ2n) is 3.32. The first-order valence-electron chi connectivity index (χ1n) is 4.31. The van der Waals surface area contributed by atoms with Crippen LogP contribution in [0.25, 0.3) is 0 Å². The number of guanidine groups is 1. The average Bonchev–Trinajstić information content (AvgIpc) is 2.63. The molecule has 1 aliphatic heterocycles. The van der Waals surface area contributed by atoms with Crippen LogP contribution in [0, 0.1) is 0 Å². The normalized spacial score (nSPS) is 21.5. The Kier molecular flexibility index (Phi) is 2.11. The molecular weight excluding hydrogens is 202 g/mol. The third kappa shape index (κ3) is 1.24. The van der Waals surface area contributed by atoms with Gasteiger partial charge in [-0.15, -0.1) is 0 Å². The molecule has 6 heteroatoms. The van der Waals surface area contributed by atoms with E-state index in [9.17, 15) is 0 Å². The molecule has 0 aromatic carbocycles. The highest BCUT2D eigenvalue weighted by atomic mass is 35.5. The van der Waals surface area contributed by atoms with Gasteiger partial charge in [-0.05, 0) is 0 Å². The van der Waals surface area contributed by atoms with Crippen LogP contribution in [0.4, 0.5) is 0 Å². The summed E-state index contributed by atoms with van der Waals surface area (Å²) in [7, 11) is 3.78. The third-order valence-corrected chi connectivity index (χ3v) is 2.87. The summed E-state index contributed by atoms with van der Waals surface area (Å²) < 4.78 is 1.84. The van der Waals surface area contributed by atoms with Crippen molar-refractivity contribution >= 4 is 17.6 Å². The summed E-state index contributed by atoms with van der Waals surface area (Å²) in [6, 6.07) is 0.104. The summed E-state index contributed by atoms with van der Waals surface area (Å²) in [5.41, 5.74) is 5.67. The Labute approximate surface area is 87.2 Å². The van der Waals surface area contributed by atoms with Crippen molar-refractivity contribution < 1.29 is 0 Å². The maximum Gasteiger partial charge on any atom is 0.191 e. The van der Waals surface area contributed by atoms with E-state index in [2.05, 4.69) is 9.98 Å². The van der Waals surface area contributed by atoms with E-state index in [4.69, 9.17) is 17.3 Å². The number of hydrogen-bond acceptors (Lipinski definition) is 4. The van der Waals surface area contributed by atoms with Crippen LogP contribution in [-0.4, -0.2) is 34.0 Å². The van der Waals surface area contributed by atoms with Gasteiger partial charge in [-0.1, -0.05) is 11.6 Å². The maximum absolute atomic E-state index is 5.91. The van der Waals surface area contributed by atoms with E-state index in [1.54, 1.807) is 6.20 Å². The van der Waals surface area contributed by atoms with Crippen molar-refractivity contribution in [3.63, 3.8) is 0 Å². The number of nitrogens with zero attached hydrogens (tertiary/aromatic N) is 4. The predicted octanol–water partition coefficient (Wildman–Crippen LogP) is 0.375. The summed E-state index contributed by atoms with van der Waals surface area (Å²) >= 11 is 5.91. The van der Waals surface area contributed by atoms with Crippen LogP contribution in [0.15, 0.2) is 11.2 Å². The molecule has 76 valence electrons. The molecule has 1 unspecified atom stereocenters. The molecule has 0 saturated carbocycles. The van der Waals surface area contributed by atoms with Crippen LogP contribution in [0.2, 0.25) is 5.15 Å². The lowest BCUT2D eigenvalue weighted by Gasteiger charge is -2.20. The Morgan fingerprint density at radius 1 is 1.57 bits per heavy atom. The van der Waals surface area contributed by atoms with E-state index in [0.29, 0.717) is 17.7 Å². The minimum absolute atomic E-state index is 0.104. The summed E-state index contributed by atoms with van der Waals surface area (Å²) in [6.45, 7) is 0.642. The van der Waals surface area contributed by atoms with E-state index >= 15 is 0 Å². The first kappa shape index (κ1) is 9.33. The molecule has 14 heavy (non-hydrogen) atoms. The lowest BCUT2D eigenvalue weighted by molar-refractivity contribution is 0.388. The zero-order valence-corrected chi connectivity index (χ0v) is 8.86. The number of nitrogens with two attached hydrogens (primary N) is 1. The molecule has 1 aliphatic rings. The number of likely N-dealkylation sites (N-methyl/N-ethyl adjacent to an activating group) is 1. The molecule has 0 spiro atoms. The van der Waals surface area contributed by atoms with Gasteiger partial charge in [0.25, 0.3) is 0 Å². The Bertz CT molecular complexity index is 383. The minimum Gasteiger partial charge on any atom is -0.370 e. The highest BCUT2D eigenvalue weighted by Crippen LogP contribution is 2.24. The second kappa shape index (κ2) is 3.16. The van der Waals surface area contributed by atoms with E-state index in [0.717, 1.165) is 5.82 Å². The van der Waals surface area contributed by atoms with Crippen molar-refractivity contribution in [1.29, 1.82) is 0 Å². The number of rotatable bonds is 1. The predicted molar refractivity (Wildman–Crippen MR) is 55.2 cm³/mol. The molecular formula is C8H12ClN5. The van der Waals surface area contributed by atoms with E-state index in [-0.39, 0.29) is 6.04 Å². The third-order valence-electron chi connectivity index (χ3n) is 2.52. The molecule has 0 saturated heterocycles. The number of hydrogen-bond donors (Lipinski definition) is 1. The molecule has 1 atom stereocenters. The van der Waals surface area contributed by atoms with Crippen molar-refractivity contribution in [3.05, 3.63) is 17.2 Å². The average molecular weight is 214 g/mol. The standard InChI is InChI=1S/C8H12ClN5/c1-13-5(3-12-8(13)10)7-11-4-6(9)14(7)2/h4-5H,3H2,1-2H3,(H2,10,12). The molecule has 0 aliphatic carbocycles. The number of aromatic nitrogens is 2. The van der Waals surface area contributed by atoms with Crippen LogP contribution in [0.1, 0.15) is 11.9 Å². The van der Waals surface area contributed by atoms with E-state index in [1.165, 1.54) is 0 Å². The molecule has 0 radical (unpaired) electrons. The van der Waals surface area contributed by atoms with Crippen molar-refractivity contribution in [2.75, 3.05) is 13.6 Å². The van der Waals surface area contributed by atoms with Crippen molar-refractivity contribution in [2.45, 2.75) is 6.04 Å². The van der Waals surface area contributed by atoms with Crippen LogP contribution in [-0.2, 0) is 7.05 Å². The van der Waals surface area contributed by atoms with Gasteiger partial charge in [-0.3, -0.25) is 4.99 Å². The van der Waals surface area contributed by atoms with Crippen LogP contribution in [0.5, 0.6) is 0 Å². The van der Waals surface area contributed by atoms with Crippen LogP contribution < -0.4 is 5.73 Å². The summed E-state index contributed by atoms with van der Waals surface area (Å²) in [5.74, 6) is 1.44. The molecule has 1 aromatic heterocycles. The maximum atomic E-state index is 5.91. The van der Waals surface area contributed by atoms with Crippen LogP contribution in [0.3, 0.4) is 0 Å². The summed E-state index contributed by atoms with van der Waals surface area (Å²) in [6.07, 6.45) is 1.64. The van der Waals surface area contributed by atoms with E-state index in [1.807, 2.05) is 23.6 Å². The highest BCUT2D eigenvalue weighted by Gasteiger charge is 2.27. The van der Waals surface area contributed by atoms with Gasteiger partial charge in [0.05, 0.1) is 12.7 Å². The zero-order valence-electron chi connectivity index (χ0n) is 8.11. The second-order valence-corrected chi connectivity index (χ2v) is 3.71. The minimum atomic E-state index is 0.104. The fraction of sp³-hybridized carbons (Fsp3) is 0.500. The van der Waals surface area contributed by atoms with Gasteiger partial charge in [0, 0.05) is 14.1 Å². The van der Waals surface area contributed by atoms with E-state index < -0.39 is 0 Å². The zero-order chi connectivity index (χ0) is 10.3. The number of aliphatic imine (C=N–C) groups is 1. The monoisotopic (exact) mass is 213 g/mol. The smallest absolute Gasteiger partial charge is 0.191 e. The topological polar surface area (TPSA) is 59.4 Å². The van der Waals surface area contributed by atoms with Gasteiger partial charge in [0.1, 0.15) is 17.0 Å². The molecule has 5 nitrogen and oxygen atoms in total. The Balaban J connectivity index is 2.30. The van der Waals surface area contributed by atoms with Gasteiger partial charge >= 0.3 is 0 Å². The SMILES string of the molecule is CN1C(N)=NCC1c1ncc(Cl)n1C. The van der Waals surface area contributed by atoms with Crippen molar-refractivity contribution in [2.24, 2.45) is 17.8 Å². The van der Waals surface area contributed by atoms with Gasteiger partial charge in [-0.25, -0.2) is 4.98 Å². The van der Waals surface area contributed by atoms with Gasteiger partial charge in [0.2, 0.25) is 0 Å². The lowest BCUT2D eigenvalue weighted by Crippen LogP contribution is -2.33. The molecule has 0 amide bonds. The molecule has 2 heterocycles. The summed E-state index contributed by atoms with van der Waals surface area (Å²) in [4.78, 5) is 10.3. The fourth-order valence-corrected chi connectivity index (χ4v) is 1.68. The van der Waals surface area contributed by atoms with Crippen molar-refractivity contribution in [3.8, 4) is 0 Å². The first-order chi connectivity index (χ1) is 6.61. The molecule has 1 aromatic rings. The van der Waals surface area contributed by atoms with Gasteiger partial charge in [-0.2, -0.15) is 0 Å². The van der Waals surface area contributed by atoms with Gasteiger partial charge in [0.15, 0.2) is 5.96 Å². The Hall–Kier alpha value is -1.23. The molecule has 0 fully saturated rings. The largest absolute Gasteiger partial charge is 0.370 e. The molecule has 2 rings (SSSR count). The number of imidazole rings is 1. The van der Waals surface area contributed by atoms with Crippen LogP contribution >= 0.6 is 11.6 Å². The molecule has 2 N–H and O–H groups in total. The Morgan fingerprint density at radius 3 is 2.71 bits per heavy atom. The quantitative estimate of drug-likeness (QED) is 0.734. The molecule has 0 bridgehead atoms. The summed E-state index contributed by atoms with van der Waals surface area (Å²) in [5, 5.41) is 0.624. The van der Waals surface area contributed by atoms with Crippen molar-refractivity contribution in [1.82, 2.24) is 14.5 Å². The number of halogens is 1. The first-order valence-corrected chi connectivity index (χ1v) is 4.69. The lowest BCUT2D eigenvalue weighted by atomic mass is 10.3. The fourth-order valence-electron chi connectivity index (χ4n) is 1.54. The van der Waals surface area contributed by atoms with Gasteiger partial charge < -0.3 is 15.2 Å².